The molecule has 0 saturated heterocycles. The number of aromatic amines is 1. The van der Waals surface area contributed by atoms with E-state index >= 15 is 0 Å². The van der Waals surface area contributed by atoms with E-state index in [1.54, 1.807) is 6.07 Å². The minimum absolute atomic E-state index is 0.0875. The van der Waals surface area contributed by atoms with Crippen LogP contribution in [0.4, 0.5) is 0 Å². The minimum atomic E-state index is -0.0875. The monoisotopic (exact) mass is 252 g/mol. The van der Waals surface area contributed by atoms with Gasteiger partial charge in [-0.25, -0.2) is 0 Å². The maximum atomic E-state index is 11.5. The van der Waals surface area contributed by atoms with Crippen molar-refractivity contribution in [2.45, 2.75) is 6.54 Å². The Balaban J connectivity index is 2.84. The predicted molar refractivity (Wildman–Crippen MR) is 60.2 cm³/mol. The van der Waals surface area contributed by atoms with E-state index in [-0.39, 0.29) is 5.56 Å². The third kappa shape index (κ3) is 1.58. The normalized spacial score (nSPS) is 10.7. The quantitative estimate of drug-likeness (QED) is 0.813. The second-order valence-corrected chi connectivity index (χ2v) is 3.98. The summed E-state index contributed by atoms with van der Waals surface area (Å²) in [5, 5.41) is 1.59. The zero-order chi connectivity index (χ0) is 10.1. The number of hydrogen-bond donors (Lipinski definition) is 2. The second kappa shape index (κ2) is 3.55. The largest absolute Gasteiger partial charge is 0.325 e. The van der Waals surface area contributed by atoms with Crippen molar-refractivity contribution < 1.29 is 0 Å². The summed E-state index contributed by atoms with van der Waals surface area (Å²) in [7, 11) is 0. The summed E-state index contributed by atoms with van der Waals surface area (Å²) in [6, 6.07) is 7.43. The molecule has 0 atom stereocenters. The smallest absolute Gasteiger partial charge is 0.256 e. The number of rotatable bonds is 1. The van der Waals surface area contributed by atoms with Crippen LogP contribution >= 0.6 is 15.9 Å². The number of benzene rings is 1. The van der Waals surface area contributed by atoms with Gasteiger partial charge in [0.05, 0.1) is 0 Å². The third-order valence-electron chi connectivity index (χ3n) is 2.08. The first kappa shape index (κ1) is 9.43. The number of fused-ring (bicyclic) bond motifs is 1. The SMILES string of the molecule is NCc1cc2cc(Br)ccc2c(=O)[nH]1. The van der Waals surface area contributed by atoms with Crippen molar-refractivity contribution in [1.82, 2.24) is 4.98 Å². The Bertz CT molecular complexity index is 533. The molecule has 4 heteroatoms. The van der Waals surface area contributed by atoms with E-state index in [1.165, 1.54) is 0 Å². The molecule has 1 heterocycles. The molecule has 1 aromatic carbocycles. The maximum Gasteiger partial charge on any atom is 0.256 e. The molecule has 3 nitrogen and oxygen atoms in total. The highest BCUT2D eigenvalue weighted by Crippen LogP contribution is 2.17. The van der Waals surface area contributed by atoms with Crippen LogP contribution in [0.3, 0.4) is 0 Å². The van der Waals surface area contributed by atoms with Gasteiger partial charge in [0.1, 0.15) is 0 Å². The van der Waals surface area contributed by atoms with Crippen molar-refractivity contribution in [3.8, 4) is 0 Å². The Hall–Kier alpha value is -1.13. The fraction of sp³-hybridized carbons (Fsp3) is 0.100. The van der Waals surface area contributed by atoms with Crippen molar-refractivity contribution in [2.24, 2.45) is 5.73 Å². The van der Waals surface area contributed by atoms with E-state index in [1.807, 2.05) is 18.2 Å². The molecule has 0 spiro atoms. The summed E-state index contributed by atoms with van der Waals surface area (Å²) in [5.74, 6) is 0. The van der Waals surface area contributed by atoms with Gasteiger partial charge >= 0.3 is 0 Å². The minimum Gasteiger partial charge on any atom is -0.325 e. The Morgan fingerprint density at radius 2 is 2.14 bits per heavy atom. The predicted octanol–water partition coefficient (Wildman–Crippen LogP) is 1.75. The molecule has 2 aromatic rings. The van der Waals surface area contributed by atoms with E-state index in [0.29, 0.717) is 11.9 Å². The first-order chi connectivity index (χ1) is 6.70. The zero-order valence-corrected chi connectivity index (χ0v) is 8.97. The number of nitrogens with two attached hydrogens (primary N) is 1. The molecule has 0 amide bonds. The van der Waals surface area contributed by atoms with Crippen LogP contribution in [0.1, 0.15) is 5.69 Å². The van der Waals surface area contributed by atoms with Crippen molar-refractivity contribution in [1.29, 1.82) is 0 Å². The summed E-state index contributed by atoms with van der Waals surface area (Å²) < 4.78 is 0.957. The average molecular weight is 253 g/mol. The summed E-state index contributed by atoms with van der Waals surface area (Å²) >= 11 is 3.36. The van der Waals surface area contributed by atoms with Gasteiger partial charge in [-0.05, 0) is 29.7 Å². The lowest BCUT2D eigenvalue weighted by Crippen LogP contribution is -2.11. The number of H-pyrrole nitrogens is 1. The van der Waals surface area contributed by atoms with Crippen molar-refractivity contribution >= 4 is 26.7 Å². The van der Waals surface area contributed by atoms with Crippen LogP contribution in [0.25, 0.3) is 10.8 Å². The van der Waals surface area contributed by atoms with Gasteiger partial charge in [0.25, 0.3) is 5.56 Å². The van der Waals surface area contributed by atoms with Crippen LogP contribution in [0, 0.1) is 0 Å². The second-order valence-electron chi connectivity index (χ2n) is 3.06. The first-order valence-electron chi connectivity index (χ1n) is 4.22. The molecule has 0 aliphatic heterocycles. The standard InChI is InChI=1S/C10H9BrN2O/c11-7-1-2-9-6(3-7)4-8(5-12)13-10(9)14/h1-4H,5,12H2,(H,13,14). The number of nitrogens with one attached hydrogen (secondary N) is 1. The number of aromatic nitrogens is 1. The maximum absolute atomic E-state index is 11.5. The van der Waals surface area contributed by atoms with Crippen LogP contribution in [0.2, 0.25) is 0 Å². The molecule has 3 N–H and O–H groups in total. The highest BCUT2D eigenvalue weighted by Gasteiger charge is 2.00. The first-order valence-corrected chi connectivity index (χ1v) is 5.01. The Labute approximate surface area is 89.1 Å². The van der Waals surface area contributed by atoms with Gasteiger partial charge in [-0.2, -0.15) is 0 Å². The highest BCUT2D eigenvalue weighted by molar-refractivity contribution is 9.10. The van der Waals surface area contributed by atoms with E-state index in [9.17, 15) is 4.79 Å². The zero-order valence-electron chi connectivity index (χ0n) is 7.38. The fourth-order valence-corrected chi connectivity index (χ4v) is 1.79. The summed E-state index contributed by atoms with van der Waals surface area (Å²) in [4.78, 5) is 14.3. The van der Waals surface area contributed by atoms with Crippen LogP contribution in [0.15, 0.2) is 33.5 Å². The average Bonchev–Trinajstić information content (AvgIpc) is 2.16. The third-order valence-corrected chi connectivity index (χ3v) is 2.58. The van der Waals surface area contributed by atoms with Crippen LogP contribution in [-0.2, 0) is 6.54 Å². The van der Waals surface area contributed by atoms with E-state index in [2.05, 4.69) is 20.9 Å². The molecular weight excluding hydrogens is 244 g/mol. The van der Waals surface area contributed by atoms with Gasteiger partial charge in [-0.1, -0.05) is 15.9 Å². The molecule has 0 saturated carbocycles. The van der Waals surface area contributed by atoms with Crippen molar-refractivity contribution in [3.05, 3.63) is 44.8 Å². The molecule has 0 aliphatic rings. The molecule has 0 fully saturated rings. The Morgan fingerprint density at radius 3 is 2.86 bits per heavy atom. The topological polar surface area (TPSA) is 58.9 Å². The van der Waals surface area contributed by atoms with E-state index < -0.39 is 0 Å². The van der Waals surface area contributed by atoms with Crippen LogP contribution in [0.5, 0.6) is 0 Å². The molecule has 2 rings (SSSR count). The number of hydrogen-bond acceptors (Lipinski definition) is 2. The lowest BCUT2D eigenvalue weighted by Gasteiger charge is -2.01. The van der Waals surface area contributed by atoms with Gasteiger partial charge < -0.3 is 10.7 Å². The molecule has 0 aliphatic carbocycles. The van der Waals surface area contributed by atoms with Crippen molar-refractivity contribution in [3.63, 3.8) is 0 Å². The summed E-state index contributed by atoms with van der Waals surface area (Å²) in [6.07, 6.45) is 0. The number of halogens is 1. The molecule has 1 aromatic heterocycles. The molecular formula is C10H9BrN2O. The number of pyridine rings is 1. The molecule has 14 heavy (non-hydrogen) atoms. The van der Waals surface area contributed by atoms with Gasteiger partial charge in [-0.3, -0.25) is 4.79 Å². The molecule has 0 unspecified atom stereocenters. The van der Waals surface area contributed by atoms with Crippen molar-refractivity contribution in [2.75, 3.05) is 0 Å². The van der Waals surface area contributed by atoms with Crippen LogP contribution < -0.4 is 11.3 Å². The van der Waals surface area contributed by atoms with E-state index in [4.69, 9.17) is 5.73 Å². The van der Waals surface area contributed by atoms with Gasteiger partial charge in [0, 0.05) is 22.1 Å². The fourth-order valence-electron chi connectivity index (χ4n) is 1.41. The van der Waals surface area contributed by atoms with Gasteiger partial charge in [-0.15, -0.1) is 0 Å². The van der Waals surface area contributed by atoms with Gasteiger partial charge in [0.15, 0.2) is 0 Å². The Kier molecular flexibility index (Phi) is 2.39. The van der Waals surface area contributed by atoms with E-state index in [0.717, 1.165) is 15.6 Å². The molecule has 0 bridgehead atoms. The Morgan fingerprint density at radius 1 is 1.36 bits per heavy atom. The molecule has 0 radical (unpaired) electrons. The summed E-state index contributed by atoms with van der Waals surface area (Å²) in [5.41, 5.74) is 6.13. The van der Waals surface area contributed by atoms with Gasteiger partial charge in [0.2, 0.25) is 0 Å². The lowest BCUT2D eigenvalue weighted by atomic mass is 10.1. The van der Waals surface area contributed by atoms with Crippen LogP contribution in [-0.4, -0.2) is 4.98 Å². The molecule has 72 valence electrons. The lowest BCUT2D eigenvalue weighted by molar-refractivity contribution is 0.983. The highest BCUT2D eigenvalue weighted by atomic mass is 79.9. The summed E-state index contributed by atoms with van der Waals surface area (Å²) in [6.45, 7) is 0.345.